The van der Waals surface area contributed by atoms with Crippen LogP contribution >= 0.6 is 0 Å². The molecule has 40 heavy (non-hydrogen) atoms. The second-order valence-corrected chi connectivity index (χ2v) is 9.74. The Labute approximate surface area is 224 Å². The summed E-state index contributed by atoms with van der Waals surface area (Å²) in [6, 6.07) is 12.8. The van der Waals surface area contributed by atoms with E-state index in [0.29, 0.717) is 10.8 Å². The summed E-state index contributed by atoms with van der Waals surface area (Å²) in [6.45, 7) is 0.884. The molecule has 0 aliphatic rings. The quantitative estimate of drug-likeness (QED) is 0.115. The molecule has 3 aromatic rings. The van der Waals surface area contributed by atoms with Crippen LogP contribution in [0.1, 0.15) is 18.5 Å². The first-order chi connectivity index (χ1) is 18.7. The zero-order valence-electron chi connectivity index (χ0n) is 20.6. The predicted octanol–water partition coefficient (Wildman–Crippen LogP) is 0.745. The summed E-state index contributed by atoms with van der Waals surface area (Å²) in [6.07, 6.45) is -5.51. The van der Waals surface area contributed by atoms with Crippen LogP contribution in [0.4, 0.5) is 18.9 Å². The summed E-state index contributed by atoms with van der Waals surface area (Å²) >= 11 is 0. The minimum atomic E-state index is -5.51. The number of guanidine groups is 1. The maximum Gasteiger partial charge on any atom is 0.493 e. The van der Waals surface area contributed by atoms with Crippen molar-refractivity contribution in [2.75, 3.05) is 17.9 Å². The molecule has 17 heteroatoms. The fourth-order valence-corrected chi connectivity index (χ4v) is 4.71. The van der Waals surface area contributed by atoms with Gasteiger partial charge in [0.15, 0.2) is 0 Å². The monoisotopic (exact) mass is 584 g/mol. The molecular formula is C23H23F3N6O7S. The molecule has 1 unspecified atom stereocenters. The fraction of sp³-hybridized carbons (Fsp3) is 0.217. The summed E-state index contributed by atoms with van der Waals surface area (Å²) in [5.74, 6) is -5.32. The number of nitrogens with two attached hydrogens (primary N) is 2. The Balaban J connectivity index is 1.97. The third-order valence-corrected chi connectivity index (χ3v) is 6.68. The van der Waals surface area contributed by atoms with E-state index in [1.165, 1.54) is 25.1 Å². The molecule has 0 aliphatic carbocycles. The van der Waals surface area contributed by atoms with Gasteiger partial charge in [-0.2, -0.15) is 13.2 Å². The van der Waals surface area contributed by atoms with Crippen molar-refractivity contribution in [3.8, 4) is 0 Å². The Kier molecular flexibility index (Phi) is 8.88. The number of sulfonamides is 1. The van der Waals surface area contributed by atoms with E-state index in [9.17, 15) is 36.0 Å². The third kappa shape index (κ3) is 6.99. The molecule has 3 rings (SSSR count). The molecule has 1 atom stereocenters. The number of fused-ring (bicyclic) bond motifs is 1. The number of amides is 1. The Morgan fingerprint density at radius 2 is 1.75 bits per heavy atom. The van der Waals surface area contributed by atoms with Crippen LogP contribution < -0.4 is 31.9 Å². The van der Waals surface area contributed by atoms with Gasteiger partial charge in [-0.15, -0.1) is 4.73 Å². The number of pyridine rings is 1. The van der Waals surface area contributed by atoms with Crippen molar-refractivity contribution in [3.63, 3.8) is 0 Å². The number of rotatable bonds is 10. The number of oxime groups is 1. The lowest BCUT2D eigenvalue weighted by molar-refractivity contribution is -0.200. The topological polar surface area (TPSA) is 197 Å². The molecule has 1 heterocycles. The van der Waals surface area contributed by atoms with Crippen LogP contribution in [0.15, 0.2) is 69.4 Å². The lowest BCUT2D eigenvalue weighted by Gasteiger charge is -2.19. The highest BCUT2D eigenvalue weighted by Gasteiger charge is 2.43. The lowest BCUT2D eigenvalue weighted by atomic mass is 10.1. The Bertz CT molecular complexity index is 1610. The number of hydrogen-bond donors (Lipinski definition) is 4. The molecule has 0 fully saturated rings. The van der Waals surface area contributed by atoms with Gasteiger partial charge in [0.05, 0.1) is 23.1 Å². The number of alkyl halides is 3. The number of benzene rings is 2. The van der Waals surface area contributed by atoms with Crippen molar-refractivity contribution >= 4 is 44.3 Å². The molecular weight excluding hydrogens is 561 g/mol. The molecule has 6 N–H and O–H groups in total. The smallest absolute Gasteiger partial charge is 0.391 e. The van der Waals surface area contributed by atoms with Gasteiger partial charge in [0, 0.05) is 5.39 Å². The standard InChI is InChI=1S/C23H23F3N6O7S/c1-13(19(33)29-11-12-38-30-22(27)28)17-10-9-16(20(34)32(17)39-21(35)23(24,25)26)31-40(36,37)18-8-4-6-14-5-2-3-7-15(14)18/h2-10,13,31H,11-12H2,1H3,(H,29,33)(H4,27,28,30). The van der Waals surface area contributed by atoms with Crippen LogP contribution in [0.25, 0.3) is 10.8 Å². The van der Waals surface area contributed by atoms with E-state index < -0.39 is 50.9 Å². The van der Waals surface area contributed by atoms with E-state index in [1.807, 2.05) is 4.72 Å². The minimum absolute atomic E-state index is 0.0864. The summed E-state index contributed by atoms with van der Waals surface area (Å²) in [7, 11) is -4.46. The summed E-state index contributed by atoms with van der Waals surface area (Å²) in [4.78, 5) is 46.0. The lowest BCUT2D eigenvalue weighted by Crippen LogP contribution is -2.42. The second-order valence-electron chi connectivity index (χ2n) is 8.09. The van der Waals surface area contributed by atoms with Crippen molar-refractivity contribution in [1.82, 2.24) is 10.0 Å². The number of nitrogens with zero attached hydrogens (tertiary/aromatic N) is 2. The number of nitrogens with one attached hydrogen (secondary N) is 2. The maximum absolute atomic E-state index is 13.2. The first-order valence-electron chi connectivity index (χ1n) is 11.3. The van der Waals surface area contributed by atoms with E-state index in [1.54, 1.807) is 24.3 Å². The predicted molar refractivity (Wildman–Crippen MR) is 136 cm³/mol. The van der Waals surface area contributed by atoms with Crippen LogP contribution in [-0.2, 0) is 24.4 Å². The Morgan fingerprint density at radius 1 is 1.07 bits per heavy atom. The first kappa shape index (κ1) is 29.8. The van der Waals surface area contributed by atoms with Crippen molar-refractivity contribution in [1.29, 1.82) is 0 Å². The molecule has 0 saturated carbocycles. The van der Waals surface area contributed by atoms with E-state index >= 15 is 0 Å². The van der Waals surface area contributed by atoms with Gasteiger partial charge in [0.2, 0.25) is 11.9 Å². The van der Waals surface area contributed by atoms with Crippen molar-refractivity contribution < 1.29 is 40.9 Å². The molecule has 0 saturated heterocycles. The van der Waals surface area contributed by atoms with Crippen LogP contribution in [0.5, 0.6) is 0 Å². The fourth-order valence-electron chi connectivity index (χ4n) is 3.42. The zero-order valence-corrected chi connectivity index (χ0v) is 21.5. The van der Waals surface area contributed by atoms with Gasteiger partial charge in [-0.05, 0) is 35.7 Å². The SMILES string of the molecule is CC(C(=O)NCCON=C(N)N)c1ccc(NS(=O)(=O)c2cccc3ccccc23)c(=O)n1OC(=O)C(F)(F)F. The molecule has 0 radical (unpaired) electrons. The van der Waals surface area contributed by atoms with E-state index in [2.05, 4.69) is 15.3 Å². The number of carbonyl (C=O) groups excluding carboxylic acids is 2. The first-order valence-corrected chi connectivity index (χ1v) is 12.8. The molecule has 0 spiro atoms. The van der Waals surface area contributed by atoms with Gasteiger partial charge in [-0.3, -0.25) is 14.3 Å². The van der Waals surface area contributed by atoms with Crippen LogP contribution in [0, 0.1) is 0 Å². The molecule has 1 aromatic heterocycles. The average Bonchev–Trinajstić information content (AvgIpc) is 2.89. The van der Waals surface area contributed by atoms with Gasteiger partial charge < -0.3 is 26.5 Å². The average molecular weight is 585 g/mol. The van der Waals surface area contributed by atoms with Gasteiger partial charge in [0.1, 0.15) is 12.3 Å². The van der Waals surface area contributed by atoms with Gasteiger partial charge >= 0.3 is 17.7 Å². The largest absolute Gasteiger partial charge is 0.493 e. The highest BCUT2D eigenvalue weighted by atomic mass is 32.2. The molecule has 2 aromatic carbocycles. The molecule has 0 bridgehead atoms. The Morgan fingerprint density at radius 3 is 2.42 bits per heavy atom. The minimum Gasteiger partial charge on any atom is -0.391 e. The van der Waals surface area contributed by atoms with E-state index in [-0.39, 0.29) is 28.7 Å². The summed E-state index contributed by atoms with van der Waals surface area (Å²) in [5, 5.41) is 6.49. The number of hydrogen-bond acceptors (Lipinski definition) is 8. The number of carbonyl (C=O) groups is 2. The number of halogens is 3. The third-order valence-electron chi connectivity index (χ3n) is 5.26. The van der Waals surface area contributed by atoms with Gasteiger partial charge in [-0.1, -0.05) is 36.4 Å². The van der Waals surface area contributed by atoms with Gasteiger partial charge in [-0.25, -0.2) is 13.2 Å². The molecule has 13 nitrogen and oxygen atoms in total. The van der Waals surface area contributed by atoms with Crippen LogP contribution in [-0.4, -0.2) is 50.3 Å². The molecule has 0 aliphatic heterocycles. The zero-order chi connectivity index (χ0) is 29.7. The molecule has 214 valence electrons. The normalized spacial score (nSPS) is 12.3. The van der Waals surface area contributed by atoms with Crippen molar-refractivity contribution in [2.45, 2.75) is 23.9 Å². The highest BCUT2D eigenvalue weighted by Crippen LogP contribution is 2.25. The number of aromatic nitrogens is 1. The summed E-state index contributed by atoms with van der Waals surface area (Å²) in [5.41, 5.74) is 7.46. The van der Waals surface area contributed by atoms with Crippen molar-refractivity contribution in [3.05, 3.63) is 70.6 Å². The highest BCUT2D eigenvalue weighted by molar-refractivity contribution is 7.93. The Hall–Kier alpha value is -4.80. The van der Waals surface area contributed by atoms with Crippen molar-refractivity contribution in [2.24, 2.45) is 16.6 Å². The maximum atomic E-state index is 13.2. The van der Waals surface area contributed by atoms with E-state index in [0.717, 1.165) is 12.1 Å². The van der Waals surface area contributed by atoms with Gasteiger partial charge in [0.25, 0.3) is 10.0 Å². The van der Waals surface area contributed by atoms with Crippen LogP contribution in [0.3, 0.4) is 0 Å². The van der Waals surface area contributed by atoms with E-state index in [4.69, 9.17) is 16.3 Å². The summed E-state index contributed by atoms with van der Waals surface area (Å²) < 4.78 is 67.2. The number of anilines is 1. The second kappa shape index (κ2) is 11.9. The van der Waals surface area contributed by atoms with Crippen LogP contribution in [0.2, 0.25) is 0 Å². The molecule has 1 amide bonds.